The summed E-state index contributed by atoms with van der Waals surface area (Å²) in [5, 5.41) is 2.86. The van der Waals surface area contributed by atoms with Gasteiger partial charge in [-0.25, -0.2) is 0 Å². The topological polar surface area (TPSA) is 29.1 Å². The highest BCUT2D eigenvalue weighted by Gasteiger charge is 2.02. The van der Waals surface area contributed by atoms with Crippen molar-refractivity contribution in [3.8, 4) is 0 Å². The maximum Gasteiger partial charge on any atom is 0.251 e. The number of amides is 1. The Morgan fingerprint density at radius 3 is 2.47 bits per heavy atom. The lowest BCUT2D eigenvalue weighted by molar-refractivity contribution is 0.0953. The second kappa shape index (κ2) is 6.89. The Bertz CT molecular complexity index is 376. The van der Waals surface area contributed by atoms with E-state index in [1.165, 1.54) is 0 Å². The van der Waals surface area contributed by atoms with Crippen LogP contribution in [-0.4, -0.2) is 12.5 Å². The molecule has 0 aliphatic carbocycles. The number of hydrogen-bond acceptors (Lipinski definition) is 1. The lowest BCUT2D eigenvalue weighted by Crippen LogP contribution is -2.23. The number of benzene rings is 1. The van der Waals surface area contributed by atoms with Gasteiger partial charge < -0.3 is 5.32 Å². The van der Waals surface area contributed by atoms with Crippen molar-refractivity contribution >= 4 is 12.0 Å². The summed E-state index contributed by atoms with van der Waals surface area (Å²) in [7, 11) is 0. The summed E-state index contributed by atoms with van der Waals surface area (Å²) < 4.78 is 0. The van der Waals surface area contributed by atoms with Crippen molar-refractivity contribution in [2.24, 2.45) is 5.92 Å². The van der Waals surface area contributed by atoms with E-state index in [4.69, 9.17) is 0 Å². The largest absolute Gasteiger partial charge is 0.352 e. The molecule has 0 saturated carbocycles. The molecule has 0 bridgehead atoms. The number of carbonyl (C=O) groups excluding carboxylic acids is 1. The molecule has 1 amide bonds. The predicted molar refractivity (Wildman–Crippen MR) is 72.9 cm³/mol. The van der Waals surface area contributed by atoms with Crippen molar-refractivity contribution in [1.29, 1.82) is 0 Å². The molecule has 92 valence electrons. The summed E-state index contributed by atoms with van der Waals surface area (Å²) >= 11 is 0. The van der Waals surface area contributed by atoms with Gasteiger partial charge in [-0.2, -0.15) is 0 Å². The van der Waals surface area contributed by atoms with Gasteiger partial charge in [0.25, 0.3) is 5.91 Å². The van der Waals surface area contributed by atoms with Crippen molar-refractivity contribution in [3.05, 3.63) is 41.5 Å². The van der Waals surface area contributed by atoms with Crippen LogP contribution in [0.3, 0.4) is 0 Å². The van der Waals surface area contributed by atoms with Crippen LogP contribution in [0.15, 0.2) is 30.3 Å². The van der Waals surface area contributed by atoms with E-state index in [9.17, 15) is 4.79 Å². The molecule has 0 unspecified atom stereocenters. The van der Waals surface area contributed by atoms with Crippen molar-refractivity contribution in [1.82, 2.24) is 5.32 Å². The maximum absolute atomic E-state index is 11.7. The van der Waals surface area contributed by atoms with E-state index in [1.807, 2.05) is 31.2 Å². The summed E-state index contributed by atoms with van der Waals surface area (Å²) in [6.07, 6.45) is 5.19. The molecule has 0 saturated heterocycles. The summed E-state index contributed by atoms with van der Waals surface area (Å²) in [6, 6.07) is 7.68. The quantitative estimate of drug-likeness (QED) is 0.825. The molecule has 2 heteroatoms. The first-order chi connectivity index (χ1) is 8.13. The smallest absolute Gasteiger partial charge is 0.251 e. The van der Waals surface area contributed by atoms with E-state index in [-0.39, 0.29) is 5.91 Å². The molecule has 17 heavy (non-hydrogen) atoms. The fourth-order valence-electron chi connectivity index (χ4n) is 1.39. The van der Waals surface area contributed by atoms with Crippen molar-refractivity contribution in [2.45, 2.75) is 27.2 Å². The molecular weight excluding hydrogens is 210 g/mol. The highest BCUT2D eigenvalue weighted by atomic mass is 16.1. The number of allylic oxidation sites excluding steroid dienone is 1. The molecule has 0 radical (unpaired) electrons. The summed E-state index contributed by atoms with van der Waals surface area (Å²) in [6.45, 7) is 7.06. The summed E-state index contributed by atoms with van der Waals surface area (Å²) in [4.78, 5) is 11.7. The molecule has 0 aliphatic heterocycles. The molecule has 2 nitrogen and oxygen atoms in total. The minimum atomic E-state index is 0.00578. The van der Waals surface area contributed by atoms with Crippen LogP contribution in [0.1, 0.15) is 43.1 Å². The second-order valence-corrected chi connectivity index (χ2v) is 4.48. The van der Waals surface area contributed by atoms with Gasteiger partial charge in [-0.1, -0.05) is 45.1 Å². The molecule has 1 N–H and O–H groups in total. The van der Waals surface area contributed by atoms with Gasteiger partial charge in [0, 0.05) is 12.1 Å². The van der Waals surface area contributed by atoms with Gasteiger partial charge in [0.2, 0.25) is 0 Å². The molecule has 1 rings (SSSR count). The Kier molecular flexibility index (Phi) is 5.47. The molecule has 0 heterocycles. The van der Waals surface area contributed by atoms with E-state index in [2.05, 4.69) is 31.3 Å². The maximum atomic E-state index is 11.7. The zero-order valence-corrected chi connectivity index (χ0v) is 10.9. The van der Waals surface area contributed by atoms with Gasteiger partial charge in [0.05, 0.1) is 0 Å². The second-order valence-electron chi connectivity index (χ2n) is 4.48. The average Bonchev–Trinajstić information content (AvgIpc) is 2.34. The zero-order valence-electron chi connectivity index (χ0n) is 10.9. The van der Waals surface area contributed by atoms with E-state index < -0.39 is 0 Å². The van der Waals surface area contributed by atoms with Crippen LogP contribution in [0.2, 0.25) is 0 Å². The van der Waals surface area contributed by atoms with Gasteiger partial charge >= 0.3 is 0 Å². The highest BCUT2D eigenvalue weighted by molar-refractivity contribution is 5.94. The first-order valence-corrected chi connectivity index (χ1v) is 6.20. The molecule has 0 atom stereocenters. The van der Waals surface area contributed by atoms with Gasteiger partial charge in [-0.05, 0) is 30.0 Å². The van der Waals surface area contributed by atoms with Crippen LogP contribution in [0.25, 0.3) is 6.08 Å². The first kappa shape index (κ1) is 13.5. The number of carbonyl (C=O) groups is 1. The molecule has 1 aromatic carbocycles. The zero-order chi connectivity index (χ0) is 12.7. The van der Waals surface area contributed by atoms with Crippen LogP contribution in [-0.2, 0) is 0 Å². The number of rotatable bonds is 5. The molecule has 0 aromatic heterocycles. The lowest BCUT2D eigenvalue weighted by Gasteiger charge is -2.03. The Balaban J connectivity index is 2.64. The molecule has 1 aromatic rings. The molecule has 0 spiro atoms. The Hall–Kier alpha value is -1.57. The van der Waals surface area contributed by atoms with Crippen molar-refractivity contribution < 1.29 is 4.79 Å². The number of hydrogen-bond donors (Lipinski definition) is 1. The van der Waals surface area contributed by atoms with E-state index >= 15 is 0 Å². The van der Waals surface area contributed by atoms with Crippen LogP contribution in [0, 0.1) is 5.92 Å². The molecule has 0 fully saturated rings. The third-order valence-electron chi connectivity index (χ3n) is 2.38. The lowest BCUT2D eigenvalue weighted by atomic mass is 10.1. The highest BCUT2D eigenvalue weighted by Crippen LogP contribution is 2.08. The minimum Gasteiger partial charge on any atom is -0.352 e. The van der Waals surface area contributed by atoms with Gasteiger partial charge in [-0.3, -0.25) is 4.79 Å². The third kappa shape index (κ3) is 4.85. The van der Waals surface area contributed by atoms with E-state index in [1.54, 1.807) is 0 Å². The Morgan fingerprint density at radius 1 is 1.29 bits per heavy atom. The van der Waals surface area contributed by atoms with Crippen LogP contribution >= 0.6 is 0 Å². The predicted octanol–water partition coefficient (Wildman–Crippen LogP) is 3.50. The Morgan fingerprint density at radius 2 is 1.94 bits per heavy atom. The monoisotopic (exact) mass is 231 g/mol. The first-order valence-electron chi connectivity index (χ1n) is 6.20. The molecule has 0 aliphatic rings. The SMILES string of the molecule is CCCNC(=O)c1ccc(C=CC(C)C)cc1. The van der Waals surface area contributed by atoms with Gasteiger partial charge in [0.1, 0.15) is 0 Å². The van der Waals surface area contributed by atoms with Crippen LogP contribution < -0.4 is 5.32 Å². The van der Waals surface area contributed by atoms with Gasteiger partial charge in [0.15, 0.2) is 0 Å². The fourth-order valence-corrected chi connectivity index (χ4v) is 1.39. The normalized spacial score (nSPS) is 11.1. The summed E-state index contributed by atoms with van der Waals surface area (Å²) in [5.41, 5.74) is 1.85. The standard InChI is InChI=1S/C15H21NO/c1-4-11-16-15(17)14-9-7-13(8-10-14)6-5-12(2)3/h5-10,12H,4,11H2,1-3H3,(H,16,17). The summed E-state index contributed by atoms with van der Waals surface area (Å²) in [5.74, 6) is 0.550. The van der Waals surface area contributed by atoms with E-state index in [0.29, 0.717) is 5.92 Å². The van der Waals surface area contributed by atoms with E-state index in [0.717, 1.165) is 24.1 Å². The third-order valence-corrected chi connectivity index (χ3v) is 2.38. The van der Waals surface area contributed by atoms with Crippen LogP contribution in [0.4, 0.5) is 0 Å². The van der Waals surface area contributed by atoms with Gasteiger partial charge in [-0.15, -0.1) is 0 Å². The van der Waals surface area contributed by atoms with Crippen molar-refractivity contribution in [2.75, 3.05) is 6.54 Å². The Labute approximate surface area is 104 Å². The number of nitrogens with one attached hydrogen (secondary N) is 1. The minimum absolute atomic E-state index is 0.00578. The molecular formula is C15H21NO. The van der Waals surface area contributed by atoms with Crippen molar-refractivity contribution in [3.63, 3.8) is 0 Å². The average molecular weight is 231 g/mol. The van der Waals surface area contributed by atoms with Crippen LogP contribution in [0.5, 0.6) is 0 Å². The fraction of sp³-hybridized carbons (Fsp3) is 0.400.